The van der Waals surface area contributed by atoms with Crippen molar-refractivity contribution in [3.8, 4) is 11.5 Å². The van der Waals surface area contributed by atoms with Crippen molar-refractivity contribution < 1.29 is 19.1 Å². The molecule has 1 heterocycles. The Kier molecular flexibility index (Phi) is 5.71. The van der Waals surface area contributed by atoms with Crippen molar-refractivity contribution in [2.24, 2.45) is 28.8 Å². The molecule has 0 N–H and O–H groups in total. The van der Waals surface area contributed by atoms with Gasteiger partial charge < -0.3 is 9.47 Å². The van der Waals surface area contributed by atoms with Crippen molar-refractivity contribution in [3.05, 3.63) is 68.3 Å². The molecule has 164 valence electrons. The van der Waals surface area contributed by atoms with E-state index in [2.05, 4.69) is 39.8 Å². The number of rotatable bonds is 6. The predicted octanol–water partition coefficient (Wildman–Crippen LogP) is 4.67. The highest BCUT2D eigenvalue weighted by Gasteiger charge is 2.59. The van der Waals surface area contributed by atoms with Gasteiger partial charge in [0.05, 0.1) is 28.7 Å². The van der Waals surface area contributed by atoms with Crippen LogP contribution in [0.2, 0.25) is 5.02 Å². The first-order valence-electron chi connectivity index (χ1n) is 10.3. The van der Waals surface area contributed by atoms with E-state index in [1.54, 1.807) is 13.2 Å². The average molecular weight is 563 g/mol. The van der Waals surface area contributed by atoms with Crippen LogP contribution < -0.4 is 9.47 Å². The lowest BCUT2D eigenvalue weighted by Crippen LogP contribution is -2.28. The summed E-state index contributed by atoms with van der Waals surface area (Å²) < 4.78 is 12.3. The maximum Gasteiger partial charge on any atom is 0.254 e. The van der Waals surface area contributed by atoms with E-state index in [0.717, 1.165) is 20.6 Å². The van der Waals surface area contributed by atoms with Gasteiger partial charge in [0.25, 0.3) is 11.8 Å². The Morgan fingerprint density at radius 1 is 1.16 bits per heavy atom. The number of hydrogen-bond donors (Lipinski definition) is 0. The third kappa shape index (κ3) is 3.61. The average Bonchev–Trinajstić information content (AvgIpc) is 3.46. The molecule has 1 saturated carbocycles. The van der Waals surface area contributed by atoms with Gasteiger partial charge in [0.2, 0.25) is 0 Å². The molecule has 2 aromatic carbocycles. The Hall–Kier alpha value is -2.39. The number of halogens is 2. The Labute approximate surface area is 204 Å². The number of amides is 2. The van der Waals surface area contributed by atoms with Crippen molar-refractivity contribution in [1.82, 2.24) is 5.01 Å². The van der Waals surface area contributed by atoms with Crippen molar-refractivity contribution in [1.29, 1.82) is 0 Å². The topological polar surface area (TPSA) is 68.2 Å². The molecule has 0 radical (unpaired) electrons. The largest absolute Gasteiger partial charge is 0.493 e. The minimum atomic E-state index is -0.259. The van der Waals surface area contributed by atoms with Crippen LogP contribution >= 0.6 is 34.2 Å². The molecule has 8 heteroatoms. The third-order valence-corrected chi connectivity index (χ3v) is 7.52. The summed E-state index contributed by atoms with van der Waals surface area (Å²) in [7, 11) is 1.56. The van der Waals surface area contributed by atoms with Crippen molar-refractivity contribution in [2.45, 2.75) is 13.0 Å². The number of ether oxygens (including phenoxy) is 2. The summed E-state index contributed by atoms with van der Waals surface area (Å²) in [6.07, 6.45) is 6.56. The standard InChI is InChI=1S/C24H20ClIN2O4/c1-31-19-9-13(8-18(26)22(19)32-12-16-4-2-3-5-17(16)25)11-27-28-23(29)20-14-6-7-15(10-14)21(20)24(28)30/h2-9,11,14-15,20-21H,10,12H2,1H3/b27-11-/t14-,15-,20-,21+/m0/s1. The number of allylic oxidation sites excluding steroid dienone is 2. The second-order valence-corrected chi connectivity index (χ2v) is 9.72. The van der Waals surface area contributed by atoms with Gasteiger partial charge in [-0.25, -0.2) is 0 Å². The molecule has 2 amide bonds. The zero-order valence-corrected chi connectivity index (χ0v) is 20.1. The fourth-order valence-corrected chi connectivity index (χ4v) is 5.82. The molecule has 5 rings (SSSR count). The summed E-state index contributed by atoms with van der Waals surface area (Å²) in [6, 6.07) is 11.1. The van der Waals surface area contributed by atoms with E-state index in [-0.39, 0.29) is 35.5 Å². The first-order chi connectivity index (χ1) is 15.5. The Bertz CT molecular complexity index is 1130. The highest BCUT2D eigenvalue weighted by molar-refractivity contribution is 14.1. The number of benzene rings is 2. The van der Waals surface area contributed by atoms with E-state index in [1.165, 1.54) is 6.21 Å². The number of fused-ring (bicyclic) bond motifs is 5. The molecule has 32 heavy (non-hydrogen) atoms. The fourth-order valence-electron chi connectivity index (χ4n) is 4.84. The van der Waals surface area contributed by atoms with E-state index in [0.29, 0.717) is 28.7 Å². The number of methoxy groups -OCH3 is 1. The third-order valence-electron chi connectivity index (χ3n) is 6.35. The Morgan fingerprint density at radius 2 is 1.84 bits per heavy atom. The van der Waals surface area contributed by atoms with E-state index in [1.807, 2.05) is 30.3 Å². The highest BCUT2D eigenvalue weighted by atomic mass is 127. The Balaban J connectivity index is 1.34. The van der Waals surface area contributed by atoms with Gasteiger partial charge in [-0.3, -0.25) is 9.59 Å². The SMILES string of the molecule is COc1cc(/C=N\N2C(=O)[C@@H]3[C@H](C2=O)[C@H]2C=C[C@H]3C2)cc(I)c1OCc1ccccc1Cl. The van der Waals surface area contributed by atoms with Gasteiger partial charge >= 0.3 is 0 Å². The maximum absolute atomic E-state index is 12.8. The van der Waals surface area contributed by atoms with Gasteiger partial charge in [-0.2, -0.15) is 10.1 Å². The molecule has 2 bridgehead atoms. The summed E-state index contributed by atoms with van der Waals surface area (Å²) in [5.41, 5.74) is 1.58. The number of imide groups is 1. The zero-order valence-electron chi connectivity index (χ0n) is 17.2. The molecule has 1 aliphatic heterocycles. The van der Waals surface area contributed by atoms with Crippen LogP contribution in [-0.2, 0) is 16.2 Å². The minimum Gasteiger partial charge on any atom is -0.493 e. The van der Waals surface area contributed by atoms with Crippen LogP contribution in [0.4, 0.5) is 0 Å². The molecule has 4 atom stereocenters. The second-order valence-electron chi connectivity index (χ2n) is 8.15. The van der Waals surface area contributed by atoms with E-state index >= 15 is 0 Å². The summed E-state index contributed by atoms with van der Waals surface area (Å²) in [5, 5.41) is 5.93. The van der Waals surface area contributed by atoms with Crippen molar-refractivity contribution in [3.63, 3.8) is 0 Å². The Morgan fingerprint density at radius 3 is 2.50 bits per heavy atom. The van der Waals surface area contributed by atoms with Crippen LogP contribution in [0.5, 0.6) is 11.5 Å². The van der Waals surface area contributed by atoms with E-state index < -0.39 is 0 Å². The van der Waals surface area contributed by atoms with Crippen LogP contribution in [0.15, 0.2) is 53.7 Å². The summed E-state index contributed by atoms with van der Waals surface area (Å²) >= 11 is 8.38. The number of hydrogen-bond acceptors (Lipinski definition) is 5. The van der Waals surface area contributed by atoms with Gasteiger partial charge in [-0.05, 0) is 64.6 Å². The number of hydrazone groups is 1. The van der Waals surface area contributed by atoms with Gasteiger partial charge in [0.15, 0.2) is 11.5 Å². The predicted molar refractivity (Wildman–Crippen MR) is 129 cm³/mol. The summed E-state index contributed by atoms with van der Waals surface area (Å²) in [4.78, 5) is 25.6. The fraction of sp³-hybridized carbons (Fsp3) is 0.292. The molecule has 0 aromatic heterocycles. The zero-order chi connectivity index (χ0) is 22.4. The molecule has 1 saturated heterocycles. The second kappa shape index (κ2) is 8.51. The van der Waals surface area contributed by atoms with Crippen LogP contribution in [0.25, 0.3) is 0 Å². The smallest absolute Gasteiger partial charge is 0.254 e. The monoisotopic (exact) mass is 562 g/mol. The first kappa shape index (κ1) is 21.5. The minimum absolute atomic E-state index is 0.164. The van der Waals surface area contributed by atoms with Crippen LogP contribution in [0.3, 0.4) is 0 Å². The molecule has 2 fully saturated rings. The molecule has 2 aliphatic carbocycles. The molecule has 3 aliphatic rings. The van der Waals surface area contributed by atoms with Crippen LogP contribution in [0.1, 0.15) is 17.5 Å². The normalized spacial score (nSPS) is 25.8. The van der Waals surface area contributed by atoms with Crippen LogP contribution in [-0.4, -0.2) is 30.1 Å². The lowest BCUT2D eigenvalue weighted by Gasteiger charge is -2.14. The molecule has 0 unspecified atom stereocenters. The molecule has 0 spiro atoms. The van der Waals surface area contributed by atoms with E-state index in [4.69, 9.17) is 21.1 Å². The van der Waals surface area contributed by atoms with Gasteiger partial charge in [0.1, 0.15) is 6.61 Å². The van der Waals surface area contributed by atoms with Gasteiger partial charge in [0, 0.05) is 10.6 Å². The first-order valence-corrected chi connectivity index (χ1v) is 11.8. The van der Waals surface area contributed by atoms with E-state index in [9.17, 15) is 9.59 Å². The number of nitrogens with zero attached hydrogens (tertiary/aromatic N) is 2. The quantitative estimate of drug-likeness (QED) is 0.222. The van der Waals surface area contributed by atoms with Gasteiger partial charge in [-0.1, -0.05) is 42.0 Å². The lowest BCUT2D eigenvalue weighted by molar-refractivity contribution is -0.140. The number of carbonyl (C=O) groups excluding carboxylic acids is 2. The van der Waals surface area contributed by atoms with Crippen molar-refractivity contribution in [2.75, 3.05) is 7.11 Å². The number of carbonyl (C=O) groups is 2. The lowest BCUT2D eigenvalue weighted by atomic mass is 9.85. The summed E-state index contributed by atoms with van der Waals surface area (Å²) in [6.45, 7) is 0.301. The van der Waals surface area contributed by atoms with Crippen LogP contribution in [0, 0.1) is 27.2 Å². The molecular formula is C24H20ClIN2O4. The molecule has 2 aromatic rings. The van der Waals surface area contributed by atoms with Gasteiger partial charge in [-0.15, -0.1) is 0 Å². The highest BCUT2D eigenvalue weighted by Crippen LogP contribution is 2.52. The maximum atomic E-state index is 12.8. The molecular weight excluding hydrogens is 543 g/mol. The molecule has 6 nitrogen and oxygen atoms in total. The summed E-state index contributed by atoms with van der Waals surface area (Å²) in [5.74, 6) is 0.535. The van der Waals surface area contributed by atoms with Crippen molar-refractivity contribution >= 4 is 52.2 Å².